The number of ether oxygens (including phenoxy) is 1. The minimum Gasteiger partial charge on any atom is -0.492 e. The second-order valence-electron chi connectivity index (χ2n) is 5.49. The van der Waals surface area contributed by atoms with Crippen molar-refractivity contribution in [1.29, 1.82) is 0 Å². The molecule has 0 aromatic heterocycles. The van der Waals surface area contributed by atoms with Gasteiger partial charge in [0.05, 0.1) is 12.2 Å². The minimum absolute atomic E-state index is 0.152. The second kappa shape index (κ2) is 3.86. The zero-order chi connectivity index (χ0) is 11.9. The van der Waals surface area contributed by atoms with Crippen molar-refractivity contribution in [2.75, 3.05) is 6.61 Å². The van der Waals surface area contributed by atoms with Gasteiger partial charge in [0.25, 0.3) is 0 Å². The Morgan fingerprint density at radius 2 is 2.06 bits per heavy atom. The molecule has 1 aromatic rings. The number of carbonyl (C=O) groups excluding carboxylic acids is 1. The lowest BCUT2D eigenvalue weighted by Crippen LogP contribution is -2.24. The van der Waals surface area contributed by atoms with Crippen LogP contribution in [0.2, 0.25) is 0 Å². The molecule has 3 rings (SSSR count). The van der Waals surface area contributed by atoms with Crippen LogP contribution in [0.3, 0.4) is 0 Å². The lowest BCUT2D eigenvalue weighted by Gasteiger charge is -2.22. The van der Waals surface area contributed by atoms with Gasteiger partial charge >= 0.3 is 0 Å². The molecular weight excluding hydrogens is 212 g/mol. The van der Waals surface area contributed by atoms with Gasteiger partial charge in [0.1, 0.15) is 5.75 Å². The van der Waals surface area contributed by atoms with Gasteiger partial charge in [0.15, 0.2) is 5.78 Å². The number of benzene rings is 1. The summed E-state index contributed by atoms with van der Waals surface area (Å²) in [6, 6.07) is 5.98. The third kappa shape index (κ3) is 1.67. The van der Waals surface area contributed by atoms with Gasteiger partial charge in [0.2, 0.25) is 0 Å². The van der Waals surface area contributed by atoms with E-state index in [0.29, 0.717) is 0 Å². The third-order valence-electron chi connectivity index (χ3n) is 4.21. The fourth-order valence-electron chi connectivity index (χ4n) is 3.10. The summed E-state index contributed by atoms with van der Waals surface area (Å²) >= 11 is 0. The predicted octanol–water partition coefficient (Wildman–Crippen LogP) is 3.38. The summed E-state index contributed by atoms with van der Waals surface area (Å²) in [7, 11) is 0. The fourth-order valence-corrected chi connectivity index (χ4v) is 3.10. The van der Waals surface area contributed by atoms with E-state index in [9.17, 15) is 4.79 Å². The Hall–Kier alpha value is -1.31. The lowest BCUT2D eigenvalue weighted by atomic mass is 9.80. The average molecular weight is 230 g/mol. The van der Waals surface area contributed by atoms with Gasteiger partial charge in [-0.3, -0.25) is 4.79 Å². The first-order chi connectivity index (χ1) is 8.21. The van der Waals surface area contributed by atoms with Crippen LogP contribution in [0.25, 0.3) is 0 Å². The molecule has 0 N–H and O–H groups in total. The monoisotopic (exact) mass is 230 g/mol. The minimum atomic E-state index is -0.152. The number of rotatable bonds is 2. The maximum absolute atomic E-state index is 12.6. The van der Waals surface area contributed by atoms with Crippen molar-refractivity contribution in [1.82, 2.24) is 0 Å². The van der Waals surface area contributed by atoms with E-state index in [0.717, 1.165) is 37.2 Å². The van der Waals surface area contributed by atoms with Crippen LogP contribution in [-0.2, 0) is 6.42 Å². The van der Waals surface area contributed by atoms with E-state index in [4.69, 9.17) is 4.74 Å². The van der Waals surface area contributed by atoms with Gasteiger partial charge in [-0.2, -0.15) is 0 Å². The van der Waals surface area contributed by atoms with Crippen molar-refractivity contribution < 1.29 is 9.53 Å². The molecule has 0 spiro atoms. The molecule has 1 aromatic carbocycles. The molecule has 1 aliphatic carbocycles. The first kappa shape index (κ1) is 10.8. The molecule has 17 heavy (non-hydrogen) atoms. The van der Waals surface area contributed by atoms with E-state index < -0.39 is 0 Å². The standard InChI is InChI=1S/C15H18O2/c1-15(8-2-3-9-15)14(16)12-6-4-5-11-7-10-17-13(11)12/h4-6H,2-3,7-10H2,1H3. The molecule has 0 radical (unpaired) electrons. The number of Topliss-reactive ketones (excluding diaryl/α,β-unsaturated/α-hetero) is 1. The summed E-state index contributed by atoms with van der Waals surface area (Å²) in [6.07, 6.45) is 5.34. The number of fused-ring (bicyclic) bond motifs is 1. The Labute approximate surface area is 102 Å². The molecule has 0 saturated heterocycles. The predicted molar refractivity (Wildman–Crippen MR) is 66.5 cm³/mol. The highest BCUT2D eigenvalue weighted by Gasteiger charge is 2.38. The van der Waals surface area contributed by atoms with Crippen LogP contribution < -0.4 is 4.74 Å². The number of hydrogen-bond acceptors (Lipinski definition) is 2. The van der Waals surface area contributed by atoms with Crippen molar-refractivity contribution in [2.24, 2.45) is 5.41 Å². The lowest BCUT2D eigenvalue weighted by molar-refractivity contribution is 0.0820. The highest BCUT2D eigenvalue weighted by atomic mass is 16.5. The van der Waals surface area contributed by atoms with Crippen molar-refractivity contribution >= 4 is 5.78 Å². The Kier molecular flexibility index (Phi) is 2.46. The van der Waals surface area contributed by atoms with E-state index in [2.05, 4.69) is 13.0 Å². The van der Waals surface area contributed by atoms with Crippen LogP contribution in [0.4, 0.5) is 0 Å². The van der Waals surface area contributed by atoms with Crippen LogP contribution in [0.15, 0.2) is 18.2 Å². The summed E-state index contributed by atoms with van der Waals surface area (Å²) in [5.41, 5.74) is 1.85. The Balaban J connectivity index is 1.99. The van der Waals surface area contributed by atoms with Crippen molar-refractivity contribution in [3.63, 3.8) is 0 Å². The topological polar surface area (TPSA) is 26.3 Å². The zero-order valence-corrected chi connectivity index (χ0v) is 10.3. The molecule has 2 heteroatoms. The first-order valence-corrected chi connectivity index (χ1v) is 6.50. The number of ketones is 1. The molecule has 0 amide bonds. The molecule has 2 aliphatic rings. The van der Waals surface area contributed by atoms with Crippen LogP contribution in [0, 0.1) is 5.41 Å². The number of carbonyl (C=O) groups is 1. The van der Waals surface area contributed by atoms with Crippen molar-refractivity contribution in [2.45, 2.75) is 39.0 Å². The Bertz CT molecular complexity index is 456. The van der Waals surface area contributed by atoms with E-state index in [-0.39, 0.29) is 11.2 Å². The molecule has 1 fully saturated rings. The van der Waals surface area contributed by atoms with E-state index in [1.165, 1.54) is 18.4 Å². The van der Waals surface area contributed by atoms with Gasteiger partial charge in [0, 0.05) is 11.8 Å². The molecular formula is C15H18O2. The molecule has 1 heterocycles. The molecule has 1 saturated carbocycles. The summed E-state index contributed by atoms with van der Waals surface area (Å²) in [5.74, 6) is 1.14. The smallest absolute Gasteiger partial charge is 0.172 e. The van der Waals surface area contributed by atoms with Crippen LogP contribution >= 0.6 is 0 Å². The summed E-state index contributed by atoms with van der Waals surface area (Å²) in [4.78, 5) is 12.6. The van der Waals surface area contributed by atoms with Crippen molar-refractivity contribution in [3.8, 4) is 5.75 Å². The summed E-state index contributed by atoms with van der Waals surface area (Å²) < 4.78 is 5.63. The molecule has 0 bridgehead atoms. The number of para-hydroxylation sites is 1. The van der Waals surface area contributed by atoms with Crippen LogP contribution in [-0.4, -0.2) is 12.4 Å². The molecule has 2 nitrogen and oxygen atoms in total. The van der Waals surface area contributed by atoms with Crippen LogP contribution in [0.1, 0.15) is 48.5 Å². The molecule has 90 valence electrons. The first-order valence-electron chi connectivity index (χ1n) is 6.50. The highest BCUT2D eigenvalue weighted by molar-refractivity contribution is 6.03. The van der Waals surface area contributed by atoms with Crippen LogP contribution in [0.5, 0.6) is 5.75 Å². The SMILES string of the molecule is CC1(C(=O)c2cccc3c2OCC3)CCCC1. The van der Waals surface area contributed by atoms with E-state index in [1.807, 2.05) is 12.1 Å². The summed E-state index contributed by atoms with van der Waals surface area (Å²) in [6.45, 7) is 2.83. The van der Waals surface area contributed by atoms with Crippen molar-refractivity contribution in [3.05, 3.63) is 29.3 Å². The average Bonchev–Trinajstić information content (AvgIpc) is 2.96. The highest BCUT2D eigenvalue weighted by Crippen LogP contribution is 2.43. The van der Waals surface area contributed by atoms with E-state index in [1.54, 1.807) is 0 Å². The maximum Gasteiger partial charge on any atom is 0.172 e. The quantitative estimate of drug-likeness (QED) is 0.728. The van der Waals surface area contributed by atoms with Gasteiger partial charge in [-0.25, -0.2) is 0 Å². The van der Waals surface area contributed by atoms with E-state index >= 15 is 0 Å². The van der Waals surface area contributed by atoms with Gasteiger partial charge in [-0.05, 0) is 24.5 Å². The summed E-state index contributed by atoms with van der Waals surface area (Å²) in [5, 5.41) is 0. The van der Waals surface area contributed by atoms with Gasteiger partial charge < -0.3 is 4.74 Å². The van der Waals surface area contributed by atoms with Gasteiger partial charge in [-0.15, -0.1) is 0 Å². The number of hydrogen-bond donors (Lipinski definition) is 0. The second-order valence-corrected chi connectivity index (χ2v) is 5.49. The molecule has 1 aliphatic heterocycles. The molecule has 0 atom stereocenters. The normalized spacial score (nSPS) is 21.0. The third-order valence-corrected chi connectivity index (χ3v) is 4.21. The largest absolute Gasteiger partial charge is 0.492 e. The molecule has 0 unspecified atom stereocenters. The Morgan fingerprint density at radius 1 is 1.29 bits per heavy atom. The maximum atomic E-state index is 12.6. The zero-order valence-electron chi connectivity index (χ0n) is 10.3. The van der Waals surface area contributed by atoms with Gasteiger partial charge in [-0.1, -0.05) is 31.9 Å². The fraction of sp³-hybridized carbons (Fsp3) is 0.533. The Morgan fingerprint density at radius 3 is 2.82 bits per heavy atom.